The van der Waals surface area contributed by atoms with E-state index in [1.165, 1.54) is 53.9 Å². The summed E-state index contributed by atoms with van der Waals surface area (Å²) in [6.07, 6.45) is 5.86. The highest BCUT2D eigenvalue weighted by Crippen LogP contribution is 2.44. The number of anilines is 2. The highest BCUT2D eigenvalue weighted by atomic mass is 32.2. The summed E-state index contributed by atoms with van der Waals surface area (Å²) in [6.45, 7) is 13.1. The maximum absolute atomic E-state index is 11.8. The molecule has 0 unspecified atom stereocenters. The molecule has 4 nitrogen and oxygen atoms in total. The fourth-order valence-electron chi connectivity index (χ4n) is 4.15. The number of aryl methyl sites for hydroxylation is 2. The van der Waals surface area contributed by atoms with Gasteiger partial charge in [0.05, 0.1) is 0 Å². The predicted molar refractivity (Wildman–Crippen MR) is 145 cm³/mol. The van der Waals surface area contributed by atoms with E-state index in [4.69, 9.17) is 0 Å². The third kappa shape index (κ3) is 7.58. The minimum absolute atomic E-state index is 0.545. The van der Waals surface area contributed by atoms with Crippen LogP contribution in [0.3, 0.4) is 0 Å². The first kappa shape index (κ1) is 27.4. The van der Waals surface area contributed by atoms with Crippen molar-refractivity contribution in [3.63, 3.8) is 0 Å². The Morgan fingerprint density at radius 3 is 2.27 bits per heavy atom. The summed E-state index contributed by atoms with van der Waals surface area (Å²) in [6, 6.07) is 9.20. The minimum Gasteiger partial charge on any atom is -0.340 e. The maximum Gasteiger partial charge on any atom is 0.168 e. The maximum atomic E-state index is 11.8. The molecular formula is C28H43N3OS. The Morgan fingerprint density at radius 1 is 1.03 bits per heavy atom. The van der Waals surface area contributed by atoms with Gasteiger partial charge in [0, 0.05) is 18.3 Å². The number of pyridine rings is 1. The summed E-state index contributed by atoms with van der Waals surface area (Å²) in [5, 5.41) is 3.49. The molecule has 2 aliphatic rings. The zero-order valence-corrected chi connectivity index (χ0v) is 22.5. The number of hydrogen-bond acceptors (Lipinski definition) is 5. The van der Waals surface area contributed by atoms with Gasteiger partial charge in [-0.3, -0.25) is 9.69 Å². The molecule has 182 valence electrons. The van der Waals surface area contributed by atoms with E-state index in [2.05, 4.69) is 54.3 Å². The van der Waals surface area contributed by atoms with Gasteiger partial charge < -0.3 is 5.32 Å². The Balaban J connectivity index is 0.000000914. The molecule has 0 atom stereocenters. The first-order valence-electron chi connectivity index (χ1n) is 12.7. The molecule has 5 heteroatoms. The molecule has 0 bridgehead atoms. The zero-order chi connectivity index (χ0) is 24.4. The summed E-state index contributed by atoms with van der Waals surface area (Å²) in [4.78, 5) is 18.8. The molecule has 1 aliphatic carbocycles. The Bertz CT molecular complexity index is 889. The van der Waals surface area contributed by atoms with E-state index in [0.717, 1.165) is 29.9 Å². The summed E-state index contributed by atoms with van der Waals surface area (Å²) in [5.74, 6) is 3.87. The Hall–Kier alpha value is -1.85. The van der Waals surface area contributed by atoms with Gasteiger partial charge in [-0.15, -0.1) is 0 Å². The number of aromatic nitrogens is 1. The number of nitrogens with zero attached hydrogens (tertiary/aromatic N) is 2. The monoisotopic (exact) mass is 469 g/mol. The summed E-state index contributed by atoms with van der Waals surface area (Å²) >= 11 is 2.04. The van der Waals surface area contributed by atoms with Gasteiger partial charge in [0.25, 0.3) is 0 Å². The molecule has 0 amide bonds. The van der Waals surface area contributed by atoms with Gasteiger partial charge in [-0.25, -0.2) is 4.98 Å². The number of nitrogens with one attached hydrogen (secondary N) is 1. The van der Waals surface area contributed by atoms with Crippen molar-refractivity contribution < 1.29 is 4.79 Å². The minimum atomic E-state index is 0.545. The second-order valence-electron chi connectivity index (χ2n) is 8.54. The average molecular weight is 470 g/mol. The van der Waals surface area contributed by atoms with Crippen LogP contribution in [0.5, 0.6) is 0 Å². The largest absolute Gasteiger partial charge is 0.340 e. The molecule has 1 saturated carbocycles. The molecule has 1 N–H and O–H groups in total. The van der Waals surface area contributed by atoms with E-state index >= 15 is 0 Å². The molecule has 1 aliphatic heterocycles. The smallest absolute Gasteiger partial charge is 0.168 e. The second-order valence-corrected chi connectivity index (χ2v) is 9.77. The molecule has 2 heterocycles. The highest BCUT2D eigenvalue weighted by molar-refractivity contribution is 7.99. The molecule has 2 aromatic rings. The molecular weight excluding hydrogens is 426 g/mol. The Kier molecular flexibility index (Phi) is 11.4. The van der Waals surface area contributed by atoms with Crippen LogP contribution in [0.4, 0.5) is 11.5 Å². The zero-order valence-electron chi connectivity index (χ0n) is 21.7. The van der Waals surface area contributed by atoms with Crippen molar-refractivity contribution in [3.8, 4) is 0 Å². The molecule has 1 saturated heterocycles. The lowest BCUT2D eigenvalue weighted by molar-refractivity contribution is 0.111. The van der Waals surface area contributed by atoms with Gasteiger partial charge in [0.1, 0.15) is 11.5 Å². The normalized spacial score (nSPS) is 15.8. The van der Waals surface area contributed by atoms with E-state index in [1.54, 1.807) is 0 Å². The SMILES string of the molecule is CC.CC.Cc1cc(Nc2ccc(CN(C)C3CCSCC3)c(C=O)n2)c(C2CC2)cc1C. The van der Waals surface area contributed by atoms with Crippen molar-refractivity contribution in [1.29, 1.82) is 0 Å². The second kappa shape index (κ2) is 13.8. The van der Waals surface area contributed by atoms with Crippen LogP contribution in [0.2, 0.25) is 0 Å². The van der Waals surface area contributed by atoms with Crippen molar-refractivity contribution in [1.82, 2.24) is 9.88 Å². The van der Waals surface area contributed by atoms with Crippen molar-refractivity contribution in [2.24, 2.45) is 0 Å². The molecule has 4 rings (SSSR count). The van der Waals surface area contributed by atoms with Crippen LogP contribution < -0.4 is 5.32 Å². The molecule has 0 radical (unpaired) electrons. The van der Waals surface area contributed by atoms with Gasteiger partial charge in [0.2, 0.25) is 0 Å². The van der Waals surface area contributed by atoms with Crippen LogP contribution in [0.15, 0.2) is 24.3 Å². The summed E-state index contributed by atoms with van der Waals surface area (Å²) in [7, 11) is 2.17. The fraction of sp³-hybridized carbons (Fsp3) is 0.571. The number of aldehydes is 1. The van der Waals surface area contributed by atoms with Crippen LogP contribution in [0, 0.1) is 13.8 Å². The molecule has 1 aromatic carbocycles. The van der Waals surface area contributed by atoms with Gasteiger partial charge in [-0.2, -0.15) is 11.8 Å². The lowest BCUT2D eigenvalue weighted by Gasteiger charge is -2.31. The van der Waals surface area contributed by atoms with Crippen LogP contribution in [0.25, 0.3) is 0 Å². The quantitative estimate of drug-likeness (QED) is 0.425. The van der Waals surface area contributed by atoms with Crippen LogP contribution in [-0.4, -0.2) is 40.8 Å². The number of carbonyl (C=O) groups excluding carboxylic acids is 1. The first-order valence-corrected chi connectivity index (χ1v) is 13.8. The van der Waals surface area contributed by atoms with Crippen LogP contribution in [0.1, 0.15) is 92.0 Å². The predicted octanol–water partition coefficient (Wildman–Crippen LogP) is 7.51. The third-order valence-corrected chi connectivity index (χ3v) is 7.35. The Morgan fingerprint density at radius 2 is 1.67 bits per heavy atom. The van der Waals surface area contributed by atoms with Crippen LogP contribution >= 0.6 is 11.8 Å². The van der Waals surface area contributed by atoms with Crippen molar-refractivity contribution in [3.05, 3.63) is 52.2 Å². The van der Waals surface area contributed by atoms with E-state index in [9.17, 15) is 4.79 Å². The number of hydrogen-bond donors (Lipinski definition) is 1. The fourth-order valence-corrected chi connectivity index (χ4v) is 5.23. The topological polar surface area (TPSA) is 45.2 Å². The average Bonchev–Trinajstić information content (AvgIpc) is 3.70. The molecule has 1 aromatic heterocycles. The number of carbonyl (C=O) groups is 1. The standard InChI is InChI=1S/C24H31N3OS.2C2H6/c1-16-12-21(18-4-5-18)22(13-17(16)2)25-24-7-6-19(23(15-28)26-24)14-27(3)20-8-10-29-11-9-20;2*1-2/h6-7,12-13,15,18,20H,4-5,8-11,14H2,1-3H3,(H,25,26);2*1-2H3. The highest BCUT2D eigenvalue weighted by Gasteiger charge is 2.27. The van der Waals surface area contributed by atoms with E-state index < -0.39 is 0 Å². The van der Waals surface area contributed by atoms with Crippen molar-refractivity contribution in [2.45, 2.75) is 85.7 Å². The van der Waals surface area contributed by atoms with Gasteiger partial charge in [0.15, 0.2) is 6.29 Å². The molecule has 2 fully saturated rings. The summed E-state index contributed by atoms with van der Waals surface area (Å²) in [5.41, 5.74) is 6.67. The van der Waals surface area contributed by atoms with E-state index in [-0.39, 0.29) is 0 Å². The van der Waals surface area contributed by atoms with E-state index in [0.29, 0.717) is 17.7 Å². The van der Waals surface area contributed by atoms with Gasteiger partial charge in [-0.1, -0.05) is 39.8 Å². The van der Waals surface area contributed by atoms with Gasteiger partial charge >= 0.3 is 0 Å². The Labute approximate surface area is 206 Å². The molecule has 33 heavy (non-hydrogen) atoms. The number of rotatable bonds is 7. The summed E-state index contributed by atoms with van der Waals surface area (Å²) < 4.78 is 0. The van der Waals surface area contributed by atoms with Crippen LogP contribution in [-0.2, 0) is 6.54 Å². The lowest BCUT2D eigenvalue weighted by atomic mass is 10.0. The van der Waals surface area contributed by atoms with Crippen molar-refractivity contribution in [2.75, 3.05) is 23.9 Å². The van der Waals surface area contributed by atoms with E-state index in [1.807, 2.05) is 45.5 Å². The lowest BCUT2D eigenvalue weighted by Crippen LogP contribution is -2.34. The number of thioether (sulfide) groups is 1. The van der Waals surface area contributed by atoms with Gasteiger partial charge in [-0.05, 0) is 98.4 Å². The number of benzene rings is 1. The first-order chi connectivity index (χ1) is 16.0. The van der Waals surface area contributed by atoms with Crippen molar-refractivity contribution >= 4 is 29.6 Å². The molecule has 0 spiro atoms. The third-order valence-electron chi connectivity index (χ3n) is 6.30.